The molecule has 0 aromatic carbocycles. The average molecular weight is 422 g/mol. The number of hydrogen-bond acceptors (Lipinski definition) is 10. The number of aliphatic hydroxyl groups is 2. The molecule has 11 heteroatoms. The summed E-state index contributed by atoms with van der Waals surface area (Å²) in [5.41, 5.74) is 12.1. The topological polar surface area (TPSA) is 145 Å². The maximum absolute atomic E-state index is 11.8. The molecule has 2 saturated heterocycles. The Morgan fingerprint density at radius 1 is 1.10 bits per heavy atom. The van der Waals surface area contributed by atoms with Crippen LogP contribution in [0.5, 0.6) is 0 Å². The lowest BCUT2D eigenvalue weighted by Gasteiger charge is -2.36. The van der Waals surface area contributed by atoms with E-state index in [1.807, 2.05) is 0 Å². The van der Waals surface area contributed by atoms with Gasteiger partial charge in [0.2, 0.25) is 5.95 Å². The van der Waals surface area contributed by atoms with Crippen molar-refractivity contribution in [1.29, 1.82) is 0 Å². The third kappa shape index (κ3) is 3.95. The summed E-state index contributed by atoms with van der Waals surface area (Å²) in [6, 6.07) is 0. The molecule has 158 valence electrons. The van der Waals surface area contributed by atoms with Crippen molar-refractivity contribution in [2.24, 2.45) is 5.73 Å². The molecule has 10 nitrogen and oxygen atoms in total. The minimum atomic E-state index is -0.563. The SMILES string of the molecule is NC(=O)c1sc2nc(N3CCC(O)CC3)nc(N3CCN(CCO)CC3)c2c1N. The Balaban J connectivity index is 1.73. The monoisotopic (exact) mass is 421 g/mol. The number of nitrogen functional groups attached to an aromatic ring is 1. The van der Waals surface area contributed by atoms with Gasteiger partial charge in [0.15, 0.2) is 0 Å². The van der Waals surface area contributed by atoms with E-state index in [2.05, 4.69) is 19.7 Å². The number of primary amides is 1. The van der Waals surface area contributed by atoms with Crippen molar-refractivity contribution in [2.75, 3.05) is 68.0 Å². The van der Waals surface area contributed by atoms with Crippen molar-refractivity contribution >= 4 is 44.9 Å². The van der Waals surface area contributed by atoms with Crippen LogP contribution >= 0.6 is 11.3 Å². The minimum absolute atomic E-state index is 0.141. The summed E-state index contributed by atoms with van der Waals surface area (Å²) >= 11 is 1.20. The average Bonchev–Trinajstić information content (AvgIpc) is 3.06. The van der Waals surface area contributed by atoms with Gasteiger partial charge in [0.25, 0.3) is 5.91 Å². The number of aromatic nitrogens is 2. The van der Waals surface area contributed by atoms with E-state index in [-0.39, 0.29) is 12.7 Å². The normalized spacial score (nSPS) is 19.2. The second kappa shape index (κ2) is 8.27. The van der Waals surface area contributed by atoms with E-state index >= 15 is 0 Å². The van der Waals surface area contributed by atoms with E-state index in [9.17, 15) is 15.0 Å². The van der Waals surface area contributed by atoms with Gasteiger partial charge < -0.3 is 31.5 Å². The van der Waals surface area contributed by atoms with Gasteiger partial charge in [-0.25, -0.2) is 4.98 Å². The Hall–Kier alpha value is -2.21. The van der Waals surface area contributed by atoms with Gasteiger partial charge in [-0.1, -0.05) is 0 Å². The smallest absolute Gasteiger partial charge is 0.260 e. The Kier molecular flexibility index (Phi) is 5.72. The van der Waals surface area contributed by atoms with Gasteiger partial charge in [-0.2, -0.15) is 4.98 Å². The van der Waals surface area contributed by atoms with Crippen molar-refractivity contribution in [3.63, 3.8) is 0 Å². The van der Waals surface area contributed by atoms with Gasteiger partial charge in [-0.05, 0) is 12.8 Å². The summed E-state index contributed by atoms with van der Waals surface area (Å²) < 4.78 is 0. The molecule has 6 N–H and O–H groups in total. The number of amides is 1. The molecule has 2 aliphatic rings. The van der Waals surface area contributed by atoms with Crippen LogP contribution in [0, 0.1) is 0 Å². The van der Waals surface area contributed by atoms with Crippen LogP contribution in [-0.2, 0) is 0 Å². The number of hydrogen-bond donors (Lipinski definition) is 4. The van der Waals surface area contributed by atoms with Crippen molar-refractivity contribution in [1.82, 2.24) is 14.9 Å². The van der Waals surface area contributed by atoms with Gasteiger partial charge in [-0.15, -0.1) is 11.3 Å². The van der Waals surface area contributed by atoms with E-state index in [0.717, 1.165) is 32.0 Å². The summed E-state index contributed by atoms with van der Waals surface area (Å²) in [5, 5.41) is 19.7. The summed E-state index contributed by atoms with van der Waals surface area (Å²) in [4.78, 5) is 28.8. The van der Waals surface area contributed by atoms with Gasteiger partial charge in [0.1, 0.15) is 15.5 Å². The summed E-state index contributed by atoms with van der Waals surface area (Å²) in [6.45, 7) is 5.26. The number of piperazine rings is 1. The maximum atomic E-state index is 11.8. The number of carbonyl (C=O) groups is 1. The van der Waals surface area contributed by atoms with E-state index < -0.39 is 5.91 Å². The highest BCUT2D eigenvalue weighted by Crippen LogP contribution is 2.39. The van der Waals surface area contributed by atoms with Gasteiger partial charge >= 0.3 is 0 Å². The predicted molar refractivity (Wildman–Crippen MR) is 114 cm³/mol. The molecule has 2 aromatic heterocycles. The lowest BCUT2D eigenvalue weighted by molar-refractivity contribution is 0.100. The van der Waals surface area contributed by atoms with Gasteiger partial charge in [-0.3, -0.25) is 9.69 Å². The van der Waals surface area contributed by atoms with Crippen molar-refractivity contribution in [3.8, 4) is 0 Å². The fourth-order valence-electron chi connectivity index (χ4n) is 3.94. The molecule has 0 spiro atoms. The van der Waals surface area contributed by atoms with Crippen LogP contribution in [0.3, 0.4) is 0 Å². The molecule has 0 aliphatic carbocycles. The van der Waals surface area contributed by atoms with E-state index in [1.165, 1.54) is 11.3 Å². The zero-order chi connectivity index (χ0) is 20.5. The number of anilines is 3. The first-order chi connectivity index (χ1) is 14.0. The first-order valence-corrected chi connectivity index (χ1v) is 10.7. The Bertz CT molecular complexity index is 889. The zero-order valence-corrected chi connectivity index (χ0v) is 17.1. The first kappa shape index (κ1) is 20.1. The lowest BCUT2D eigenvalue weighted by Crippen LogP contribution is -2.47. The van der Waals surface area contributed by atoms with Crippen LogP contribution in [0.25, 0.3) is 10.2 Å². The third-order valence-corrected chi connectivity index (χ3v) is 6.73. The van der Waals surface area contributed by atoms with Crippen LogP contribution in [0.15, 0.2) is 0 Å². The number of carbonyl (C=O) groups excluding carboxylic acids is 1. The van der Waals surface area contributed by atoms with Crippen molar-refractivity contribution in [2.45, 2.75) is 18.9 Å². The Labute approximate surface area is 172 Å². The number of nitrogens with zero attached hydrogens (tertiary/aromatic N) is 5. The molecule has 2 aliphatic heterocycles. The number of piperidine rings is 1. The Morgan fingerprint density at radius 3 is 2.41 bits per heavy atom. The van der Waals surface area contributed by atoms with E-state index in [1.54, 1.807) is 0 Å². The van der Waals surface area contributed by atoms with Crippen LogP contribution in [0.1, 0.15) is 22.5 Å². The molecule has 4 rings (SSSR count). The number of aliphatic hydroxyl groups excluding tert-OH is 2. The van der Waals surface area contributed by atoms with E-state index in [0.29, 0.717) is 59.2 Å². The number of thiophene rings is 1. The fourth-order valence-corrected chi connectivity index (χ4v) is 4.87. The van der Waals surface area contributed by atoms with Crippen LogP contribution in [0.2, 0.25) is 0 Å². The second-order valence-electron chi connectivity index (χ2n) is 7.51. The Morgan fingerprint density at radius 2 is 1.79 bits per heavy atom. The molecule has 0 atom stereocenters. The van der Waals surface area contributed by atoms with Crippen molar-refractivity contribution in [3.05, 3.63) is 4.88 Å². The van der Waals surface area contributed by atoms with Crippen LogP contribution < -0.4 is 21.3 Å². The molecule has 0 unspecified atom stereocenters. The highest BCUT2D eigenvalue weighted by Gasteiger charge is 2.27. The minimum Gasteiger partial charge on any atom is -0.397 e. The fraction of sp³-hybridized carbons (Fsp3) is 0.611. The van der Waals surface area contributed by atoms with Crippen LogP contribution in [0.4, 0.5) is 17.5 Å². The molecule has 2 aromatic rings. The molecule has 4 heterocycles. The standard InChI is InChI=1S/C18H27N7O3S/c19-13-12-16(24-7-5-23(6-8-24)9-10-26)21-18(25-3-1-11(27)2-4-25)22-17(12)29-14(13)15(20)28/h11,26-27H,1-10,19H2,(H2,20,28). The molecular weight excluding hydrogens is 394 g/mol. The zero-order valence-electron chi connectivity index (χ0n) is 16.3. The maximum Gasteiger partial charge on any atom is 0.260 e. The lowest BCUT2D eigenvalue weighted by atomic mass is 10.1. The largest absolute Gasteiger partial charge is 0.397 e. The molecule has 1 amide bonds. The molecule has 29 heavy (non-hydrogen) atoms. The highest BCUT2D eigenvalue weighted by atomic mass is 32.1. The van der Waals surface area contributed by atoms with Gasteiger partial charge in [0.05, 0.1) is 23.8 Å². The molecular formula is C18H27N7O3S. The number of β-amino-alcohol motifs (C(OH)–C–C–N with tert-alkyl or cyclic N) is 1. The highest BCUT2D eigenvalue weighted by molar-refractivity contribution is 7.21. The molecule has 2 fully saturated rings. The molecule has 0 saturated carbocycles. The number of rotatable bonds is 5. The summed E-state index contributed by atoms with van der Waals surface area (Å²) in [5.74, 6) is 0.752. The number of nitrogens with two attached hydrogens (primary N) is 2. The van der Waals surface area contributed by atoms with Crippen molar-refractivity contribution < 1.29 is 15.0 Å². The molecule has 0 bridgehead atoms. The summed E-state index contributed by atoms with van der Waals surface area (Å²) in [6.07, 6.45) is 1.07. The third-order valence-electron chi connectivity index (χ3n) is 5.62. The second-order valence-corrected chi connectivity index (χ2v) is 8.51. The molecule has 0 radical (unpaired) electrons. The first-order valence-electron chi connectivity index (χ1n) is 9.89. The van der Waals surface area contributed by atoms with Crippen LogP contribution in [-0.4, -0.2) is 89.5 Å². The summed E-state index contributed by atoms with van der Waals surface area (Å²) in [7, 11) is 0. The van der Waals surface area contributed by atoms with Gasteiger partial charge in [0, 0.05) is 45.8 Å². The van der Waals surface area contributed by atoms with E-state index in [4.69, 9.17) is 16.5 Å². The predicted octanol–water partition coefficient (Wildman–Crippen LogP) is -0.552. The quantitative estimate of drug-likeness (QED) is 0.499. The number of fused-ring (bicyclic) bond motifs is 1.